The molecule has 0 saturated carbocycles. The average molecular weight is 326 g/mol. The van der Waals surface area contributed by atoms with Crippen LogP contribution in [0, 0.1) is 0 Å². The molecule has 2 heterocycles. The second kappa shape index (κ2) is 4.98. The van der Waals surface area contributed by atoms with Crippen LogP contribution < -0.4 is 9.47 Å². The van der Waals surface area contributed by atoms with E-state index in [1.807, 2.05) is 36.4 Å². The zero-order valence-electron chi connectivity index (χ0n) is 14.5. The molecule has 0 aromatic heterocycles. The molecule has 2 aliphatic heterocycles. The summed E-state index contributed by atoms with van der Waals surface area (Å²) >= 11 is 0. The number of fused-ring (bicyclic) bond motifs is 3. The van der Waals surface area contributed by atoms with Crippen molar-refractivity contribution in [1.29, 1.82) is 0 Å². The van der Waals surface area contributed by atoms with Gasteiger partial charge >= 0.3 is 5.97 Å². The van der Waals surface area contributed by atoms with Gasteiger partial charge in [-0.05, 0) is 44.0 Å². The van der Waals surface area contributed by atoms with Gasteiger partial charge in [0.15, 0.2) is 0 Å². The van der Waals surface area contributed by atoms with Crippen molar-refractivity contribution in [2.75, 3.05) is 14.2 Å². The lowest BCUT2D eigenvalue weighted by Gasteiger charge is -2.36. The van der Waals surface area contributed by atoms with E-state index in [9.17, 15) is 0 Å². The molecule has 1 saturated heterocycles. The summed E-state index contributed by atoms with van der Waals surface area (Å²) in [4.78, 5) is 0. The molecule has 2 aliphatic rings. The molecule has 0 amide bonds. The first-order chi connectivity index (χ1) is 11.5. The predicted octanol–water partition coefficient (Wildman–Crippen LogP) is 3.87. The Morgan fingerprint density at radius 3 is 2.42 bits per heavy atom. The first-order valence-corrected chi connectivity index (χ1v) is 8.15. The van der Waals surface area contributed by atoms with E-state index >= 15 is 0 Å². The van der Waals surface area contributed by atoms with E-state index < -0.39 is 11.4 Å². The molecular formula is C20H22O4. The van der Waals surface area contributed by atoms with E-state index in [1.165, 1.54) is 0 Å². The van der Waals surface area contributed by atoms with Crippen LogP contribution >= 0.6 is 0 Å². The van der Waals surface area contributed by atoms with Crippen LogP contribution in [0.5, 0.6) is 11.5 Å². The summed E-state index contributed by atoms with van der Waals surface area (Å²) < 4.78 is 23.9. The van der Waals surface area contributed by atoms with Crippen molar-refractivity contribution in [2.24, 2.45) is 0 Å². The Bertz CT molecular complexity index is 770. The molecule has 0 aliphatic carbocycles. The molecule has 1 fully saturated rings. The number of rotatable bonds is 3. The van der Waals surface area contributed by atoms with Crippen LogP contribution in [0.1, 0.15) is 31.4 Å². The van der Waals surface area contributed by atoms with Gasteiger partial charge in [0.05, 0.1) is 12.7 Å². The Morgan fingerprint density at radius 1 is 1.00 bits per heavy atom. The van der Waals surface area contributed by atoms with Gasteiger partial charge in [0, 0.05) is 12.7 Å². The lowest BCUT2D eigenvalue weighted by atomic mass is 9.69. The van der Waals surface area contributed by atoms with Crippen LogP contribution in [-0.2, 0) is 14.9 Å². The molecule has 4 rings (SSSR count). The zero-order chi connectivity index (χ0) is 17.0. The van der Waals surface area contributed by atoms with Crippen LogP contribution in [0.3, 0.4) is 0 Å². The Hall–Kier alpha value is -2.04. The number of ether oxygens (including phenoxy) is 4. The maximum absolute atomic E-state index is 6.34. The quantitative estimate of drug-likeness (QED) is 0.858. The molecule has 4 heteroatoms. The maximum atomic E-state index is 6.34. The lowest BCUT2D eigenvalue weighted by Crippen LogP contribution is -2.51. The third kappa shape index (κ3) is 1.87. The highest BCUT2D eigenvalue weighted by molar-refractivity contribution is 5.57. The molecule has 0 radical (unpaired) electrons. The van der Waals surface area contributed by atoms with Crippen molar-refractivity contribution in [2.45, 2.75) is 37.3 Å². The number of benzene rings is 2. The Balaban J connectivity index is 2.03. The molecule has 0 bridgehead atoms. The zero-order valence-corrected chi connectivity index (χ0v) is 14.5. The number of methoxy groups -OCH3 is 2. The first-order valence-electron chi connectivity index (χ1n) is 8.15. The van der Waals surface area contributed by atoms with Crippen LogP contribution in [0.2, 0.25) is 0 Å². The molecule has 126 valence electrons. The van der Waals surface area contributed by atoms with Crippen molar-refractivity contribution in [3.8, 4) is 11.5 Å². The number of hydrogen-bond donors (Lipinski definition) is 0. The predicted molar refractivity (Wildman–Crippen MR) is 90.4 cm³/mol. The molecule has 2 aromatic rings. The van der Waals surface area contributed by atoms with E-state index in [1.54, 1.807) is 14.2 Å². The highest BCUT2D eigenvalue weighted by Crippen LogP contribution is 2.63. The van der Waals surface area contributed by atoms with Gasteiger partial charge in [0.2, 0.25) is 0 Å². The molecule has 0 spiro atoms. The summed E-state index contributed by atoms with van der Waals surface area (Å²) in [6, 6.07) is 16.2. The summed E-state index contributed by atoms with van der Waals surface area (Å²) in [5, 5.41) is 0. The van der Waals surface area contributed by atoms with E-state index in [4.69, 9.17) is 18.9 Å². The van der Waals surface area contributed by atoms with E-state index in [2.05, 4.69) is 26.0 Å². The van der Waals surface area contributed by atoms with Crippen molar-refractivity contribution < 1.29 is 18.9 Å². The summed E-state index contributed by atoms with van der Waals surface area (Å²) in [7, 11) is 3.31. The molecule has 2 atom stereocenters. The summed E-state index contributed by atoms with van der Waals surface area (Å²) in [6.45, 7) is 4.14. The van der Waals surface area contributed by atoms with Gasteiger partial charge in [-0.3, -0.25) is 0 Å². The third-order valence-corrected chi connectivity index (χ3v) is 5.05. The third-order valence-electron chi connectivity index (χ3n) is 5.05. The molecule has 4 nitrogen and oxygen atoms in total. The molecule has 2 unspecified atom stereocenters. The fraction of sp³-hybridized carbons (Fsp3) is 0.400. The van der Waals surface area contributed by atoms with E-state index in [0.717, 1.165) is 29.0 Å². The Morgan fingerprint density at radius 2 is 1.75 bits per heavy atom. The fourth-order valence-corrected chi connectivity index (χ4v) is 4.22. The molecule has 0 N–H and O–H groups in total. The topological polar surface area (TPSA) is 36.9 Å². The van der Waals surface area contributed by atoms with Gasteiger partial charge in [0.1, 0.15) is 16.9 Å². The highest BCUT2D eigenvalue weighted by Gasteiger charge is 2.71. The minimum absolute atomic E-state index is 0.382. The standard InChI is InChI=1S/C20H22O4/c1-18(2)13-19(14-8-6-5-7-9-14)16-12-15(21-3)10-11-17(16)23-20(19,22-4)24-18/h5-12H,13H2,1-4H3. The summed E-state index contributed by atoms with van der Waals surface area (Å²) in [6.07, 6.45) is 0.748. The van der Waals surface area contributed by atoms with Gasteiger partial charge in [-0.25, -0.2) is 0 Å². The fourth-order valence-electron chi connectivity index (χ4n) is 4.22. The highest BCUT2D eigenvalue weighted by atomic mass is 16.9. The second-order valence-electron chi connectivity index (χ2n) is 7.03. The van der Waals surface area contributed by atoms with Gasteiger partial charge < -0.3 is 18.9 Å². The lowest BCUT2D eigenvalue weighted by molar-refractivity contribution is -0.343. The first kappa shape index (κ1) is 15.5. The largest absolute Gasteiger partial charge is 0.497 e. The molecular weight excluding hydrogens is 304 g/mol. The monoisotopic (exact) mass is 326 g/mol. The molecule has 2 aromatic carbocycles. The van der Waals surface area contributed by atoms with Crippen molar-refractivity contribution >= 4 is 0 Å². The van der Waals surface area contributed by atoms with Crippen molar-refractivity contribution in [3.05, 3.63) is 59.7 Å². The smallest absolute Gasteiger partial charge is 0.342 e. The normalized spacial score (nSPS) is 29.7. The van der Waals surface area contributed by atoms with Crippen LogP contribution in [0.4, 0.5) is 0 Å². The van der Waals surface area contributed by atoms with Crippen molar-refractivity contribution in [1.82, 2.24) is 0 Å². The second-order valence-corrected chi connectivity index (χ2v) is 7.03. The minimum atomic E-state index is -1.17. The Kier molecular flexibility index (Phi) is 3.21. The SMILES string of the molecule is COc1ccc2c(c1)C1(c3ccccc3)CC(C)(C)OC1(OC)O2. The van der Waals surface area contributed by atoms with Gasteiger partial charge in [-0.1, -0.05) is 30.3 Å². The van der Waals surface area contributed by atoms with Crippen LogP contribution in [0.25, 0.3) is 0 Å². The van der Waals surface area contributed by atoms with E-state index in [0.29, 0.717) is 0 Å². The molecule has 24 heavy (non-hydrogen) atoms. The van der Waals surface area contributed by atoms with Crippen LogP contribution in [0.15, 0.2) is 48.5 Å². The van der Waals surface area contributed by atoms with Crippen molar-refractivity contribution in [3.63, 3.8) is 0 Å². The summed E-state index contributed by atoms with van der Waals surface area (Å²) in [5.74, 6) is 0.397. The van der Waals surface area contributed by atoms with Gasteiger partial charge in [0.25, 0.3) is 0 Å². The van der Waals surface area contributed by atoms with E-state index in [-0.39, 0.29) is 5.60 Å². The van der Waals surface area contributed by atoms with Gasteiger partial charge in [-0.15, -0.1) is 0 Å². The Labute approximate surface area is 142 Å². The number of hydrogen-bond acceptors (Lipinski definition) is 4. The average Bonchev–Trinajstić information content (AvgIpc) is 2.98. The van der Waals surface area contributed by atoms with Crippen LogP contribution in [-0.4, -0.2) is 25.8 Å². The van der Waals surface area contributed by atoms with Gasteiger partial charge in [-0.2, -0.15) is 0 Å². The maximum Gasteiger partial charge on any atom is 0.342 e. The minimum Gasteiger partial charge on any atom is -0.497 e. The summed E-state index contributed by atoms with van der Waals surface area (Å²) in [5.41, 5.74) is 1.23.